The van der Waals surface area contributed by atoms with E-state index >= 15 is 0 Å². The number of hydrogen-bond acceptors (Lipinski definition) is 4. The highest BCUT2D eigenvalue weighted by Gasteiger charge is 2.14. The van der Waals surface area contributed by atoms with Crippen LogP contribution in [0.2, 0.25) is 5.02 Å². The molecule has 1 N–H and O–H groups in total. The van der Waals surface area contributed by atoms with Crippen molar-refractivity contribution in [1.29, 1.82) is 5.26 Å². The van der Waals surface area contributed by atoms with E-state index in [-0.39, 0.29) is 23.7 Å². The molecular weight excluding hydrogens is 368 g/mol. The molecule has 8 heteroatoms. The van der Waals surface area contributed by atoms with Crippen LogP contribution in [0.25, 0.3) is 10.9 Å². The summed E-state index contributed by atoms with van der Waals surface area (Å²) in [6.45, 7) is 1.63. The molecule has 7 nitrogen and oxygen atoms in total. The summed E-state index contributed by atoms with van der Waals surface area (Å²) in [7, 11) is 0. The number of amides is 1. The Labute approximate surface area is 159 Å². The molecule has 0 aliphatic carbocycles. The van der Waals surface area contributed by atoms with Crippen LogP contribution < -0.4 is 16.6 Å². The Bertz CT molecular complexity index is 1200. The maximum atomic E-state index is 12.6. The number of rotatable bonds is 4. The van der Waals surface area contributed by atoms with Crippen LogP contribution in [0, 0.1) is 11.3 Å². The molecule has 27 heavy (non-hydrogen) atoms. The number of nitrogens with zero attached hydrogens (tertiary/aromatic N) is 3. The van der Waals surface area contributed by atoms with Crippen LogP contribution in [-0.4, -0.2) is 15.0 Å². The Hall–Kier alpha value is -3.37. The molecule has 0 atom stereocenters. The summed E-state index contributed by atoms with van der Waals surface area (Å²) < 4.78 is 2.36. The molecule has 0 spiro atoms. The summed E-state index contributed by atoms with van der Waals surface area (Å²) in [6.07, 6.45) is 0. The number of para-hydroxylation sites is 1. The molecular formula is C19H15ClN4O3. The van der Waals surface area contributed by atoms with Gasteiger partial charge in [0.1, 0.15) is 12.6 Å². The fraction of sp³-hybridized carbons (Fsp3) is 0.158. The van der Waals surface area contributed by atoms with Crippen molar-refractivity contribution in [3.63, 3.8) is 0 Å². The zero-order valence-electron chi connectivity index (χ0n) is 14.4. The SMILES string of the molecule is CCn1c(=O)c2ccccc2n(CC(=O)Nc2ccc(C#N)c(Cl)c2)c1=O. The van der Waals surface area contributed by atoms with Crippen molar-refractivity contribution in [1.82, 2.24) is 9.13 Å². The van der Waals surface area contributed by atoms with E-state index in [4.69, 9.17) is 16.9 Å². The fourth-order valence-electron chi connectivity index (χ4n) is 2.83. The second-order valence-electron chi connectivity index (χ2n) is 5.79. The van der Waals surface area contributed by atoms with Gasteiger partial charge >= 0.3 is 5.69 Å². The fourth-order valence-corrected chi connectivity index (χ4v) is 3.05. The maximum Gasteiger partial charge on any atom is 0.331 e. The number of halogens is 1. The van der Waals surface area contributed by atoms with E-state index in [1.165, 1.54) is 16.7 Å². The first-order chi connectivity index (χ1) is 13.0. The Morgan fingerprint density at radius 1 is 1.19 bits per heavy atom. The highest BCUT2D eigenvalue weighted by atomic mass is 35.5. The summed E-state index contributed by atoms with van der Waals surface area (Å²) >= 11 is 5.97. The minimum atomic E-state index is -0.547. The van der Waals surface area contributed by atoms with E-state index < -0.39 is 11.6 Å². The van der Waals surface area contributed by atoms with E-state index in [2.05, 4.69) is 5.32 Å². The third-order valence-corrected chi connectivity index (χ3v) is 4.44. The molecule has 0 saturated carbocycles. The molecule has 0 radical (unpaired) electrons. The van der Waals surface area contributed by atoms with Gasteiger partial charge in [-0.1, -0.05) is 23.7 Å². The standard InChI is InChI=1S/C19H15ClN4O3/c1-2-23-18(26)14-5-3-4-6-16(14)24(19(23)27)11-17(25)22-13-8-7-12(10-21)15(20)9-13/h3-9H,2,11H2,1H3,(H,22,25). The number of fused-ring (bicyclic) bond motifs is 1. The van der Waals surface area contributed by atoms with Crippen molar-refractivity contribution in [3.05, 3.63) is 73.9 Å². The molecule has 0 fully saturated rings. The van der Waals surface area contributed by atoms with Gasteiger partial charge in [-0.3, -0.25) is 18.7 Å². The number of anilines is 1. The molecule has 1 aromatic heterocycles. The van der Waals surface area contributed by atoms with Gasteiger partial charge in [0.15, 0.2) is 0 Å². The lowest BCUT2D eigenvalue weighted by Gasteiger charge is -2.13. The Kier molecular flexibility index (Phi) is 5.10. The number of aromatic nitrogens is 2. The predicted molar refractivity (Wildman–Crippen MR) is 103 cm³/mol. The van der Waals surface area contributed by atoms with Gasteiger partial charge in [-0.2, -0.15) is 5.26 Å². The lowest BCUT2D eigenvalue weighted by atomic mass is 10.2. The van der Waals surface area contributed by atoms with Crippen LogP contribution in [0.3, 0.4) is 0 Å². The second-order valence-corrected chi connectivity index (χ2v) is 6.20. The van der Waals surface area contributed by atoms with Crippen molar-refractivity contribution < 1.29 is 4.79 Å². The Morgan fingerprint density at radius 2 is 1.93 bits per heavy atom. The van der Waals surface area contributed by atoms with Crippen LogP contribution in [0.15, 0.2) is 52.1 Å². The van der Waals surface area contributed by atoms with E-state index in [0.717, 1.165) is 4.57 Å². The normalized spacial score (nSPS) is 10.6. The van der Waals surface area contributed by atoms with Crippen LogP contribution in [0.1, 0.15) is 12.5 Å². The minimum absolute atomic E-state index is 0.204. The minimum Gasteiger partial charge on any atom is -0.324 e. The zero-order valence-corrected chi connectivity index (χ0v) is 15.2. The van der Waals surface area contributed by atoms with Crippen molar-refractivity contribution >= 4 is 34.1 Å². The van der Waals surface area contributed by atoms with Gasteiger partial charge in [-0.25, -0.2) is 4.79 Å². The second kappa shape index (κ2) is 7.48. The molecule has 0 aliphatic rings. The summed E-state index contributed by atoms with van der Waals surface area (Å²) in [4.78, 5) is 37.5. The Morgan fingerprint density at radius 3 is 2.59 bits per heavy atom. The van der Waals surface area contributed by atoms with Crippen LogP contribution in [0.5, 0.6) is 0 Å². The van der Waals surface area contributed by atoms with Crippen LogP contribution in [0.4, 0.5) is 5.69 Å². The summed E-state index contributed by atoms with van der Waals surface area (Å²) in [5.41, 5.74) is 0.171. The van der Waals surface area contributed by atoms with Gasteiger partial charge in [0.05, 0.1) is 21.5 Å². The first-order valence-electron chi connectivity index (χ1n) is 8.18. The summed E-state index contributed by atoms with van der Waals surface area (Å²) in [5, 5.41) is 12.1. The highest BCUT2D eigenvalue weighted by molar-refractivity contribution is 6.32. The average molecular weight is 383 g/mol. The van der Waals surface area contributed by atoms with Gasteiger partial charge in [0, 0.05) is 12.2 Å². The molecule has 2 aromatic carbocycles. The van der Waals surface area contributed by atoms with Crippen molar-refractivity contribution in [2.24, 2.45) is 0 Å². The van der Waals surface area contributed by atoms with Crippen molar-refractivity contribution in [3.8, 4) is 6.07 Å². The molecule has 136 valence electrons. The van der Waals surface area contributed by atoms with E-state index in [1.54, 1.807) is 37.3 Å². The van der Waals surface area contributed by atoms with E-state index in [1.807, 2.05) is 6.07 Å². The number of nitriles is 1. The number of hydrogen-bond donors (Lipinski definition) is 1. The number of nitrogens with one attached hydrogen (secondary N) is 1. The van der Waals surface area contributed by atoms with Crippen LogP contribution >= 0.6 is 11.6 Å². The molecule has 0 saturated heterocycles. The van der Waals surface area contributed by atoms with Crippen molar-refractivity contribution in [2.75, 3.05) is 5.32 Å². The quantitative estimate of drug-likeness (QED) is 0.748. The number of carbonyl (C=O) groups excluding carboxylic acids is 1. The molecule has 0 aliphatic heterocycles. The smallest absolute Gasteiger partial charge is 0.324 e. The monoisotopic (exact) mass is 382 g/mol. The van der Waals surface area contributed by atoms with E-state index in [9.17, 15) is 14.4 Å². The lowest BCUT2D eigenvalue weighted by molar-refractivity contribution is -0.116. The molecule has 0 bridgehead atoms. The largest absolute Gasteiger partial charge is 0.331 e. The third-order valence-electron chi connectivity index (χ3n) is 4.12. The maximum absolute atomic E-state index is 12.6. The molecule has 1 heterocycles. The van der Waals surface area contributed by atoms with Gasteiger partial charge in [0.25, 0.3) is 5.56 Å². The zero-order chi connectivity index (χ0) is 19.6. The van der Waals surface area contributed by atoms with Gasteiger partial charge in [-0.05, 0) is 37.3 Å². The predicted octanol–water partition coefficient (Wildman–Crippen LogP) is 2.35. The number of benzene rings is 2. The molecule has 3 rings (SSSR count). The molecule has 1 amide bonds. The average Bonchev–Trinajstić information content (AvgIpc) is 2.66. The number of carbonyl (C=O) groups is 1. The van der Waals surface area contributed by atoms with Gasteiger partial charge < -0.3 is 5.32 Å². The summed E-state index contributed by atoms with van der Waals surface area (Å²) in [6, 6.07) is 13.1. The first-order valence-corrected chi connectivity index (χ1v) is 8.56. The summed E-state index contributed by atoms with van der Waals surface area (Å²) in [5.74, 6) is -0.454. The lowest BCUT2D eigenvalue weighted by Crippen LogP contribution is -2.41. The van der Waals surface area contributed by atoms with Crippen molar-refractivity contribution in [2.45, 2.75) is 20.0 Å². The topological polar surface area (TPSA) is 96.9 Å². The first kappa shape index (κ1) is 18.4. The van der Waals surface area contributed by atoms with Crippen LogP contribution in [-0.2, 0) is 17.9 Å². The van der Waals surface area contributed by atoms with Gasteiger partial charge in [0.2, 0.25) is 5.91 Å². The molecule has 0 unspecified atom stereocenters. The Balaban J connectivity index is 1.98. The third kappa shape index (κ3) is 3.48. The van der Waals surface area contributed by atoms with Gasteiger partial charge in [-0.15, -0.1) is 0 Å². The highest BCUT2D eigenvalue weighted by Crippen LogP contribution is 2.20. The van der Waals surface area contributed by atoms with E-state index in [0.29, 0.717) is 22.2 Å². The molecule has 3 aromatic rings.